The predicted molar refractivity (Wildman–Crippen MR) is 46.5 cm³/mol. The van der Waals surface area contributed by atoms with Crippen LogP contribution >= 0.6 is 0 Å². The first-order chi connectivity index (χ1) is 6.93. The van der Waals surface area contributed by atoms with Crippen LogP contribution in [0.1, 0.15) is 5.56 Å². The van der Waals surface area contributed by atoms with E-state index in [-0.39, 0.29) is 5.75 Å². The minimum absolute atomic E-state index is 0.149. The van der Waals surface area contributed by atoms with E-state index in [0.717, 1.165) is 12.1 Å². The zero-order valence-corrected chi connectivity index (χ0v) is 7.76. The van der Waals surface area contributed by atoms with Gasteiger partial charge in [-0.25, -0.2) is 4.79 Å². The average Bonchev–Trinajstić information content (AvgIpc) is 2.17. The number of rotatable bonds is 1. The van der Waals surface area contributed by atoms with Gasteiger partial charge in [0.15, 0.2) is 0 Å². The number of carbonyl (C=O) groups is 1. The van der Waals surface area contributed by atoms with Crippen molar-refractivity contribution in [2.45, 2.75) is 6.18 Å². The molecule has 0 fully saturated rings. The van der Waals surface area contributed by atoms with E-state index in [0.29, 0.717) is 0 Å². The molecule has 0 radical (unpaired) electrons. The molecule has 0 heterocycles. The van der Waals surface area contributed by atoms with Gasteiger partial charge in [-0.15, -0.1) is 0 Å². The molecular weight excluding hydrogens is 211 g/mol. The van der Waals surface area contributed by atoms with Gasteiger partial charge in [0, 0.05) is 7.05 Å². The summed E-state index contributed by atoms with van der Waals surface area (Å²) in [5, 5.41) is 2.13. The lowest BCUT2D eigenvalue weighted by molar-refractivity contribution is -0.137. The highest BCUT2D eigenvalue weighted by molar-refractivity contribution is 5.69. The van der Waals surface area contributed by atoms with Crippen LogP contribution in [-0.4, -0.2) is 13.1 Å². The molecule has 0 saturated heterocycles. The summed E-state index contributed by atoms with van der Waals surface area (Å²) in [6, 6.07) is 4.09. The molecule has 1 rings (SSSR count). The summed E-state index contributed by atoms with van der Waals surface area (Å²) in [5.41, 5.74) is -0.857. The molecule has 6 heteroatoms. The molecule has 82 valence electrons. The van der Waals surface area contributed by atoms with Crippen LogP contribution in [0.5, 0.6) is 5.75 Å². The molecule has 15 heavy (non-hydrogen) atoms. The van der Waals surface area contributed by atoms with Crippen LogP contribution in [-0.2, 0) is 6.18 Å². The van der Waals surface area contributed by atoms with Crippen molar-refractivity contribution in [1.82, 2.24) is 5.32 Å². The standard InChI is InChI=1S/C9H8F3NO2/c1-13-8(14)15-7-4-2-3-6(5-7)9(10,11)12/h2-5H,1H3,(H,13,14). The normalized spacial score (nSPS) is 10.9. The van der Waals surface area contributed by atoms with Crippen LogP contribution in [0.2, 0.25) is 0 Å². The molecule has 1 amide bonds. The quantitative estimate of drug-likeness (QED) is 0.787. The largest absolute Gasteiger partial charge is 0.416 e. The first kappa shape index (κ1) is 11.4. The number of ether oxygens (including phenoxy) is 1. The first-order valence-electron chi connectivity index (χ1n) is 4.00. The van der Waals surface area contributed by atoms with E-state index < -0.39 is 17.8 Å². The molecule has 1 N–H and O–H groups in total. The third-order valence-corrected chi connectivity index (χ3v) is 1.58. The van der Waals surface area contributed by atoms with Crippen molar-refractivity contribution >= 4 is 6.09 Å². The number of carbonyl (C=O) groups excluding carboxylic acids is 1. The van der Waals surface area contributed by atoms with E-state index in [2.05, 4.69) is 10.1 Å². The summed E-state index contributed by atoms with van der Waals surface area (Å²) in [6.45, 7) is 0. The summed E-state index contributed by atoms with van der Waals surface area (Å²) in [5.74, 6) is -0.149. The Balaban J connectivity index is 2.88. The molecule has 0 bridgehead atoms. The maximum absolute atomic E-state index is 12.2. The van der Waals surface area contributed by atoms with Gasteiger partial charge in [0.1, 0.15) is 5.75 Å². The van der Waals surface area contributed by atoms with Gasteiger partial charge in [-0.2, -0.15) is 13.2 Å². The lowest BCUT2D eigenvalue weighted by Gasteiger charge is -2.08. The van der Waals surface area contributed by atoms with E-state index in [4.69, 9.17) is 0 Å². The van der Waals surface area contributed by atoms with Gasteiger partial charge in [-0.05, 0) is 18.2 Å². The zero-order chi connectivity index (χ0) is 11.5. The monoisotopic (exact) mass is 219 g/mol. The Hall–Kier alpha value is -1.72. The number of benzene rings is 1. The number of nitrogens with one attached hydrogen (secondary N) is 1. The zero-order valence-electron chi connectivity index (χ0n) is 7.76. The average molecular weight is 219 g/mol. The van der Waals surface area contributed by atoms with Crippen LogP contribution in [0.15, 0.2) is 24.3 Å². The summed E-state index contributed by atoms with van der Waals surface area (Å²) in [6.07, 6.45) is -5.25. The maximum Gasteiger partial charge on any atom is 0.416 e. The van der Waals surface area contributed by atoms with Gasteiger partial charge >= 0.3 is 12.3 Å². The molecular formula is C9H8F3NO2. The van der Waals surface area contributed by atoms with E-state index in [9.17, 15) is 18.0 Å². The molecule has 0 aliphatic rings. The summed E-state index contributed by atoms with van der Waals surface area (Å²) < 4.78 is 41.2. The number of amides is 1. The Labute approximate surface area is 83.8 Å². The van der Waals surface area contributed by atoms with Crippen molar-refractivity contribution in [2.75, 3.05) is 7.05 Å². The lowest BCUT2D eigenvalue weighted by Crippen LogP contribution is -2.22. The molecule has 1 aromatic carbocycles. The molecule has 3 nitrogen and oxygen atoms in total. The highest BCUT2D eigenvalue weighted by Gasteiger charge is 2.30. The SMILES string of the molecule is CNC(=O)Oc1cccc(C(F)(F)F)c1. The Morgan fingerprint density at radius 3 is 2.60 bits per heavy atom. The van der Waals surface area contributed by atoms with Crippen molar-refractivity contribution in [1.29, 1.82) is 0 Å². The highest BCUT2D eigenvalue weighted by Crippen LogP contribution is 2.31. The van der Waals surface area contributed by atoms with Crippen molar-refractivity contribution in [3.63, 3.8) is 0 Å². The Bertz CT molecular complexity index is 363. The van der Waals surface area contributed by atoms with Gasteiger partial charge in [-0.3, -0.25) is 0 Å². The molecule has 0 unspecified atom stereocenters. The molecule has 0 saturated carbocycles. The van der Waals surface area contributed by atoms with Crippen LogP contribution in [0.25, 0.3) is 0 Å². The Kier molecular flexibility index (Phi) is 3.18. The molecule has 0 aliphatic heterocycles. The second-order valence-corrected chi connectivity index (χ2v) is 2.67. The van der Waals surface area contributed by atoms with Gasteiger partial charge in [0.05, 0.1) is 5.56 Å². The Morgan fingerprint density at radius 2 is 2.07 bits per heavy atom. The summed E-state index contributed by atoms with van der Waals surface area (Å²) in [7, 11) is 1.32. The smallest absolute Gasteiger partial charge is 0.410 e. The van der Waals surface area contributed by atoms with Crippen LogP contribution < -0.4 is 10.1 Å². The number of halogens is 3. The fourth-order valence-corrected chi connectivity index (χ4v) is 0.894. The van der Waals surface area contributed by atoms with Crippen LogP contribution in [0.4, 0.5) is 18.0 Å². The maximum atomic E-state index is 12.2. The molecule has 0 atom stereocenters. The number of hydrogen-bond acceptors (Lipinski definition) is 2. The molecule has 1 aromatic rings. The van der Waals surface area contributed by atoms with E-state index >= 15 is 0 Å². The second kappa shape index (κ2) is 4.20. The van der Waals surface area contributed by atoms with E-state index in [1.54, 1.807) is 0 Å². The van der Waals surface area contributed by atoms with Crippen molar-refractivity contribution in [2.24, 2.45) is 0 Å². The minimum Gasteiger partial charge on any atom is -0.410 e. The minimum atomic E-state index is -4.44. The number of alkyl halides is 3. The molecule has 0 spiro atoms. The van der Waals surface area contributed by atoms with Crippen LogP contribution in [0, 0.1) is 0 Å². The fourth-order valence-electron chi connectivity index (χ4n) is 0.894. The summed E-state index contributed by atoms with van der Waals surface area (Å²) >= 11 is 0. The van der Waals surface area contributed by atoms with E-state index in [1.807, 2.05) is 0 Å². The lowest BCUT2D eigenvalue weighted by atomic mass is 10.2. The van der Waals surface area contributed by atoms with Crippen LogP contribution in [0.3, 0.4) is 0 Å². The molecule has 0 aromatic heterocycles. The predicted octanol–water partition coefficient (Wildman–Crippen LogP) is 2.42. The van der Waals surface area contributed by atoms with Gasteiger partial charge in [0.2, 0.25) is 0 Å². The summed E-state index contributed by atoms with van der Waals surface area (Å²) in [4.78, 5) is 10.7. The van der Waals surface area contributed by atoms with Crippen molar-refractivity contribution in [3.8, 4) is 5.75 Å². The third-order valence-electron chi connectivity index (χ3n) is 1.58. The molecule has 0 aliphatic carbocycles. The number of hydrogen-bond donors (Lipinski definition) is 1. The van der Waals surface area contributed by atoms with Gasteiger partial charge in [0.25, 0.3) is 0 Å². The topological polar surface area (TPSA) is 38.3 Å². The Morgan fingerprint density at radius 1 is 1.40 bits per heavy atom. The van der Waals surface area contributed by atoms with Crippen molar-refractivity contribution < 1.29 is 22.7 Å². The third kappa shape index (κ3) is 3.16. The second-order valence-electron chi connectivity index (χ2n) is 2.67. The van der Waals surface area contributed by atoms with Gasteiger partial charge in [-0.1, -0.05) is 6.07 Å². The first-order valence-corrected chi connectivity index (χ1v) is 4.00. The van der Waals surface area contributed by atoms with E-state index in [1.165, 1.54) is 19.2 Å². The van der Waals surface area contributed by atoms with Gasteiger partial charge < -0.3 is 10.1 Å². The highest BCUT2D eigenvalue weighted by atomic mass is 19.4. The fraction of sp³-hybridized carbons (Fsp3) is 0.222. The van der Waals surface area contributed by atoms with Crippen molar-refractivity contribution in [3.05, 3.63) is 29.8 Å².